The van der Waals surface area contributed by atoms with E-state index < -0.39 is 0 Å². The fraction of sp³-hybridized carbons (Fsp3) is 0.786. The van der Waals surface area contributed by atoms with Crippen molar-refractivity contribution in [1.29, 1.82) is 0 Å². The average molecular weight is 237 g/mol. The maximum Gasteiger partial charge on any atom is 0.0641 e. The van der Waals surface area contributed by atoms with Gasteiger partial charge in [-0.1, -0.05) is 27.7 Å². The third kappa shape index (κ3) is 3.56. The first-order chi connectivity index (χ1) is 7.74. The summed E-state index contributed by atoms with van der Waals surface area (Å²) in [7, 11) is 1.97. The second kappa shape index (κ2) is 5.21. The highest BCUT2D eigenvalue weighted by molar-refractivity contribution is 5.19. The summed E-state index contributed by atoms with van der Waals surface area (Å²) < 4.78 is 1.89. The number of rotatable bonds is 5. The number of nitrogens with one attached hydrogen (secondary N) is 1. The first-order valence-electron chi connectivity index (χ1n) is 6.47. The van der Waals surface area contributed by atoms with Gasteiger partial charge in [-0.25, -0.2) is 0 Å². The number of hydrogen-bond acceptors (Lipinski definition) is 2. The van der Waals surface area contributed by atoms with E-state index in [1.165, 1.54) is 5.56 Å². The molecule has 1 unspecified atom stereocenters. The van der Waals surface area contributed by atoms with Crippen LogP contribution in [0.15, 0.2) is 6.20 Å². The summed E-state index contributed by atoms with van der Waals surface area (Å²) in [5, 5.41) is 8.01. The maximum atomic E-state index is 4.39. The molecule has 0 fully saturated rings. The van der Waals surface area contributed by atoms with Gasteiger partial charge < -0.3 is 5.32 Å². The van der Waals surface area contributed by atoms with Gasteiger partial charge in [-0.3, -0.25) is 4.68 Å². The van der Waals surface area contributed by atoms with E-state index in [0.717, 1.165) is 12.2 Å². The molecule has 1 aromatic heterocycles. The zero-order valence-electron chi connectivity index (χ0n) is 12.3. The SMILES string of the molecule is Cc1nn(C)cc1C(C)NCC(C)(C)C(C)C. The topological polar surface area (TPSA) is 29.9 Å². The van der Waals surface area contributed by atoms with Gasteiger partial charge in [0.25, 0.3) is 0 Å². The molecule has 1 atom stereocenters. The number of nitrogens with zero attached hydrogens (tertiary/aromatic N) is 2. The van der Waals surface area contributed by atoms with Gasteiger partial charge in [-0.05, 0) is 25.2 Å². The van der Waals surface area contributed by atoms with Gasteiger partial charge in [0.2, 0.25) is 0 Å². The molecule has 1 N–H and O–H groups in total. The molecule has 0 spiro atoms. The minimum absolute atomic E-state index is 0.324. The molecular formula is C14H27N3. The summed E-state index contributed by atoms with van der Waals surface area (Å²) in [4.78, 5) is 0. The first-order valence-corrected chi connectivity index (χ1v) is 6.47. The highest BCUT2D eigenvalue weighted by Gasteiger charge is 2.23. The monoisotopic (exact) mass is 237 g/mol. The molecule has 17 heavy (non-hydrogen) atoms. The normalized spacial score (nSPS) is 14.4. The van der Waals surface area contributed by atoms with Crippen molar-refractivity contribution in [3.05, 3.63) is 17.5 Å². The third-order valence-electron chi connectivity index (χ3n) is 3.94. The van der Waals surface area contributed by atoms with Crippen molar-refractivity contribution in [1.82, 2.24) is 15.1 Å². The van der Waals surface area contributed by atoms with Gasteiger partial charge in [0.15, 0.2) is 0 Å². The van der Waals surface area contributed by atoms with Crippen molar-refractivity contribution in [3.63, 3.8) is 0 Å². The fourth-order valence-electron chi connectivity index (χ4n) is 1.77. The van der Waals surface area contributed by atoms with Crippen LogP contribution in [0, 0.1) is 18.3 Å². The molecule has 1 aromatic rings. The molecule has 0 amide bonds. The Bertz CT molecular complexity index is 364. The summed E-state index contributed by atoms with van der Waals surface area (Å²) in [6, 6.07) is 0.363. The summed E-state index contributed by atoms with van der Waals surface area (Å²) in [5.74, 6) is 0.678. The second-order valence-corrected chi connectivity index (χ2v) is 6.09. The molecule has 3 nitrogen and oxygen atoms in total. The van der Waals surface area contributed by atoms with Crippen molar-refractivity contribution >= 4 is 0 Å². The largest absolute Gasteiger partial charge is 0.310 e. The summed E-state index contributed by atoms with van der Waals surface area (Å²) in [6.07, 6.45) is 2.11. The van der Waals surface area contributed by atoms with Crippen LogP contribution >= 0.6 is 0 Å². The predicted octanol–water partition coefficient (Wildman–Crippen LogP) is 3.06. The van der Waals surface area contributed by atoms with Gasteiger partial charge in [-0.2, -0.15) is 5.10 Å². The minimum atomic E-state index is 0.324. The van der Waals surface area contributed by atoms with E-state index in [2.05, 4.69) is 58.2 Å². The predicted molar refractivity (Wildman–Crippen MR) is 73.0 cm³/mol. The summed E-state index contributed by atoms with van der Waals surface area (Å²) in [6.45, 7) is 14.5. The van der Waals surface area contributed by atoms with Crippen molar-refractivity contribution in [3.8, 4) is 0 Å². The molecule has 0 aromatic carbocycles. The Balaban J connectivity index is 2.62. The lowest BCUT2D eigenvalue weighted by Crippen LogP contribution is -2.34. The molecule has 1 rings (SSSR count). The van der Waals surface area contributed by atoms with E-state index in [9.17, 15) is 0 Å². The molecule has 0 saturated heterocycles. The first kappa shape index (κ1) is 14.2. The molecule has 0 radical (unpaired) electrons. The van der Waals surface area contributed by atoms with Crippen LogP contribution in [0.2, 0.25) is 0 Å². The van der Waals surface area contributed by atoms with Crippen molar-refractivity contribution < 1.29 is 0 Å². The van der Waals surface area contributed by atoms with Crippen LogP contribution in [-0.4, -0.2) is 16.3 Å². The van der Waals surface area contributed by atoms with Gasteiger partial charge in [0.1, 0.15) is 0 Å². The van der Waals surface area contributed by atoms with Crippen molar-refractivity contribution in [2.45, 2.75) is 47.6 Å². The third-order valence-corrected chi connectivity index (χ3v) is 3.94. The standard InChI is InChI=1S/C14H27N3/c1-10(2)14(5,6)9-15-11(3)13-8-17(7)16-12(13)4/h8,10-11,15H,9H2,1-7H3. The molecular weight excluding hydrogens is 210 g/mol. The zero-order valence-corrected chi connectivity index (χ0v) is 12.3. The minimum Gasteiger partial charge on any atom is -0.310 e. The van der Waals surface area contributed by atoms with Crippen molar-refractivity contribution in [2.75, 3.05) is 6.54 Å². The van der Waals surface area contributed by atoms with E-state index in [0.29, 0.717) is 17.4 Å². The lowest BCUT2D eigenvalue weighted by molar-refractivity contribution is 0.230. The molecule has 0 aliphatic carbocycles. The van der Waals surface area contributed by atoms with Crippen LogP contribution in [0.3, 0.4) is 0 Å². The Morgan fingerprint density at radius 3 is 2.35 bits per heavy atom. The molecule has 0 aliphatic heterocycles. The highest BCUT2D eigenvalue weighted by atomic mass is 15.3. The van der Waals surface area contributed by atoms with Crippen LogP contribution < -0.4 is 5.32 Å². The van der Waals surface area contributed by atoms with Crippen molar-refractivity contribution in [2.24, 2.45) is 18.4 Å². The molecule has 0 saturated carbocycles. The van der Waals surface area contributed by atoms with Crippen LogP contribution in [-0.2, 0) is 7.05 Å². The molecule has 3 heteroatoms. The van der Waals surface area contributed by atoms with E-state index in [1.807, 2.05) is 11.7 Å². The number of aryl methyl sites for hydroxylation is 2. The van der Waals surface area contributed by atoms with Gasteiger partial charge in [-0.15, -0.1) is 0 Å². The van der Waals surface area contributed by atoms with Gasteiger partial charge >= 0.3 is 0 Å². The lowest BCUT2D eigenvalue weighted by atomic mass is 9.81. The quantitative estimate of drug-likeness (QED) is 0.853. The van der Waals surface area contributed by atoms with E-state index in [-0.39, 0.29) is 0 Å². The van der Waals surface area contributed by atoms with Gasteiger partial charge in [0.05, 0.1) is 5.69 Å². The Kier molecular flexibility index (Phi) is 4.36. The Morgan fingerprint density at radius 1 is 1.35 bits per heavy atom. The second-order valence-electron chi connectivity index (χ2n) is 6.09. The number of hydrogen-bond donors (Lipinski definition) is 1. The van der Waals surface area contributed by atoms with Crippen LogP contribution in [0.25, 0.3) is 0 Å². The van der Waals surface area contributed by atoms with Crippen LogP contribution in [0.1, 0.15) is 51.9 Å². The molecule has 98 valence electrons. The Labute approximate surface area is 106 Å². The summed E-state index contributed by atoms with van der Waals surface area (Å²) in [5.41, 5.74) is 2.74. The van der Waals surface area contributed by atoms with E-state index in [1.54, 1.807) is 0 Å². The molecule has 0 bridgehead atoms. The Morgan fingerprint density at radius 2 is 1.94 bits per heavy atom. The molecule has 0 aliphatic rings. The number of aromatic nitrogens is 2. The van der Waals surface area contributed by atoms with Crippen LogP contribution in [0.5, 0.6) is 0 Å². The average Bonchev–Trinajstić information content (AvgIpc) is 2.54. The summed E-state index contributed by atoms with van der Waals surface area (Å²) >= 11 is 0. The Hall–Kier alpha value is -0.830. The maximum absolute atomic E-state index is 4.39. The van der Waals surface area contributed by atoms with E-state index >= 15 is 0 Å². The molecule has 1 heterocycles. The van der Waals surface area contributed by atoms with E-state index in [4.69, 9.17) is 0 Å². The highest BCUT2D eigenvalue weighted by Crippen LogP contribution is 2.26. The lowest BCUT2D eigenvalue weighted by Gasteiger charge is -2.31. The fourth-order valence-corrected chi connectivity index (χ4v) is 1.77. The smallest absolute Gasteiger partial charge is 0.0641 e. The van der Waals surface area contributed by atoms with Gasteiger partial charge in [0, 0.05) is 31.4 Å². The zero-order chi connectivity index (χ0) is 13.2. The van der Waals surface area contributed by atoms with Crippen LogP contribution in [0.4, 0.5) is 0 Å².